The Bertz CT molecular complexity index is 320. The monoisotopic (exact) mass is 271 g/mol. The zero-order chi connectivity index (χ0) is 14.5. The molecule has 2 amide bonds. The summed E-state index contributed by atoms with van der Waals surface area (Å²) in [7, 11) is 0. The van der Waals surface area contributed by atoms with E-state index in [-0.39, 0.29) is 19.0 Å². The first-order valence-corrected chi connectivity index (χ1v) is 6.85. The van der Waals surface area contributed by atoms with Crippen molar-refractivity contribution in [2.45, 2.75) is 52.0 Å². The van der Waals surface area contributed by atoms with Crippen LogP contribution < -0.4 is 5.43 Å². The number of hydrogen-bond acceptors (Lipinski definition) is 3. The van der Waals surface area contributed by atoms with Gasteiger partial charge in [0.1, 0.15) is 0 Å². The van der Waals surface area contributed by atoms with E-state index in [0.29, 0.717) is 0 Å². The van der Waals surface area contributed by atoms with Crippen molar-refractivity contribution in [2.75, 3.05) is 19.6 Å². The Hall–Kier alpha value is -1.30. The van der Waals surface area contributed by atoms with Crippen LogP contribution in [-0.2, 0) is 4.79 Å². The number of carbonyl (C=O) groups is 2. The Kier molecular flexibility index (Phi) is 5.60. The van der Waals surface area contributed by atoms with E-state index in [1.165, 1.54) is 6.42 Å². The van der Waals surface area contributed by atoms with Gasteiger partial charge >= 0.3 is 12.0 Å². The van der Waals surface area contributed by atoms with Crippen molar-refractivity contribution in [1.29, 1.82) is 0 Å². The number of carbonyl (C=O) groups excluding carboxylic acids is 1. The molecule has 0 spiro atoms. The standard InChI is InChI=1S/C13H25N3O3/c1-13(2,3)16(10-7-11(17)18)12(19)14-15-8-5-4-6-9-15/h4-10H2,1-3H3,(H,14,19)(H,17,18). The van der Waals surface area contributed by atoms with Crippen LogP contribution in [0.1, 0.15) is 46.5 Å². The van der Waals surface area contributed by atoms with Gasteiger partial charge in [0, 0.05) is 25.2 Å². The van der Waals surface area contributed by atoms with Crippen LogP contribution in [0.4, 0.5) is 4.79 Å². The largest absolute Gasteiger partial charge is 0.481 e. The van der Waals surface area contributed by atoms with Gasteiger partial charge in [0.05, 0.1) is 6.42 Å². The summed E-state index contributed by atoms with van der Waals surface area (Å²) in [6.07, 6.45) is 3.34. The number of urea groups is 1. The smallest absolute Gasteiger partial charge is 0.332 e. The maximum absolute atomic E-state index is 12.3. The molecule has 0 unspecified atom stereocenters. The maximum atomic E-state index is 12.3. The van der Waals surface area contributed by atoms with Gasteiger partial charge in [0.2, 0.25) is 0 Å². The van der Waals surface area contributed by atoms with Crippen LogP contribution in [0.15, 0.2) is 0 Å². The minimum atomic E-state index is -0.889. The Labute approximate surface area is 114 Å². The topological polar surface area (TPSA) is 72.9 Å². The van der Waals surface area contributed by atoms with Crippen molar-refractivity contribution in [3.05, 3.63) is 0 Å². The first-order chi connectivity index (χ1) is 8.80. The number of hydrazine groups is 1. The molecule has 1 fully saturated rings. The quantitative estimate of drug-likeness (QED) is 0.816. The Morgan fingerprint density at radius 2 is 1.79 bits per heavy atom. The van der Waals surface area contributed by atoms with Crippen molar-refractivity contribution in [1.82, 2.24) is 15.3 Å². The van der Waals surface area contributed by atoms with Gasteiger partial charge in [0.15, 0.2) is 0 Å². The third-order valence-electron chi connectivity index (χ3n) is 3.21. The summed E-state index contributed by atoms with van der Waals surface area (Å²) in [5.74, 6) is -0.889. The lowest BCUT2D eigenvalue weighted by atomic mass is 10.1. The number of nitrogens with zero attached hydrogens (tertiary/aromatic N) is 2. The highest BCUT2D eigenvalue weighted by Gasteiger charge is 2.28. The van der Waals surface area contributed by atoms with Crippen molar-refractivity contribution in [3.8, 4) is 0 Å². The number of amides is 2. The van der Waals surface area contributed by atoms with Crippen molar-refractivity contribution < 1.29 is 14.7 Å². The van der Waals surface area contributed by atoms with Crippen LogP contribution in [0.25, 0.3) is 0 Å². The fourth-order valence-corrected chi connectivity index (χ4v) is 2.15. The van der Waals surface area contributed by atoms with Crippen molar-refractivity contribution >= 4 is 12.0 Å². The SMILES string of the molecule is CC(C)(C)N(CCC(=O)O)C(=O)NN1CCCCC1. The van der Waals surface area contributed by atoms with E-state index < -0.39 is 11.5 Å². The third kappa shape index (κ3) is 5.46. The number of rotatable bonds is 4. The highest BCUT2D eigenvalue weighted by molar-refractivity contribution is 5.75. The molecule has 0 atom stereocenters. The van der Waals surface area contributed by atoms with Crippen LogP contribution in [0, 0.1) is 0 Å². The predicted molar refractivity (Wildman–Crippen MR) is 72.7 cm³/mol. The summed E-state index contributed by atoms with van der Waals surface area (Å²) in [6, 6.07) is -0.212. The lowest BCUT2D eigenvalue weighted by molar-refractivity contribution is -0.137. The number of piperidine rings is 1. The number of carboxylic acids is 1. The number of nitrogens with one attached hydrogen (secondary N) is 1. The van der Waals surface area contributed by atoms with Crippen LogP contribution in [0.2, 0.25) is 0 Å². The molecule has 1 rings (SSSR count). The molecule has 6 heteroatoms. The number of hydrogen-bond donors (Lipinski definition) is 2. The van der Waals surface area contributed by atoms with Gasteiger partial charge in [-0.05, 0) is 33.6 Å². The second kappa shape index (κ2) is 6.75. The fraction of sp³-hybridized carbons (Fsp3) is 0.846. The van der Waals surface area contributed by atoms with Crippen LogP contribution >= 0.6 is 0 Å². The summed E-state index contributed by atoms with van der Waals surface area (Å²) < 4.78 is 0. The molecule has 2 N–H and O–H groups in total. The fourth-order valence-electron chi connectivity index (χ4n) is 2.15. The second-order valence-electron chi connectivity index (χ2n) is 5.93. The Morgan fingerprint density at radius 3 is 2.26 bits per heavy atom. The summed E-state index contributed by atoms with van der Waals surface area (Å²) in [6.45, 7) is 7.67. The van der Waals surface area contributed by atoms with Crippen LogP contribution in [-0.4, -0.2) is 52.2 Å². The zero-order valence-corrected chi connectivity index (χ0v) is 12.1. The van der Waals surface area contributed by atoms with E-state index in [1.807, 2.05) is 25.8 Å². The average Bonchev–Trinajstić information content (AvgIpc) is 2.28. The summed E-state index contributed by atoms with van der Waals surface area (Å²) >= 11 is 0. The normalized spacial score (nSPS) is 17.0. The van der Waals surface area contributed by atoms with E-state index in [9.17, 15) is 9.59 Å². The average molecular weight is 271 g/mol. The molecule has 110 valence electrons. The zero-order valence-electron chi connectivity index (χ0n) is 12.1. The molecule has 0 saturated carbocycles. The van der Waals surface area contributed by atoms with Crippen LogP contribution in [0.5, 0.6) is 0 Å². The van der Waals surface area contributed by atoms with Crippen LogP contribution in [0.3, 0.4) is 0 Å². The van der Waals surface area contributed by atoms with Crippen molar-refractivity contribution in [3.63, 3.8) is 0 Å². The molecule has 1 heterocycles. The van der Waals surface area contributed by atoms with Gasteiger partial charge in [-0.15, -0.1) is 0 Å². The van der Waals surface area contributed by atoms with E-state index in [4.69, 9.17) is 5.11 Å². The molecule has 1 aliphatic heterocycles. The molecule has 0 aromatic rings. The maximum Gasteiger partial charge on any atom is 0.332 e. The minimum absolute atomic E-state index is 0.0370. The summed E-state index contributed by atoms with van der Waals surface area (Å²) in [4.78, 5) is 24.5. The van der Waals surface area contributed by atoms with Crippen molar-refractivity contribution in [2.24, 2.45) is 0 Å². The van der Waals surface area contributed by atoms with Gasteiger partial charge in [-0.25, -0.2) is 9.80 Å². The highest BCUT2D eigenvalue weighted by atomic mass is 16.4. The Balaban J connectivity index is 2.57. The predicted octanol–water partition coefficient (Wildman–Crippen LogP) is 1.67. The molecule has 19 heavy (non-hydrogen) atoms. The Morgan fingerprint density at radius 1 is 1.21 bits per heavy atom. The van der Waals surface area contributed by atoms with Gasteiger partial charge in [0.25, 0.3) is 0 Å². The van der Waals surface area contributed by atoms with E-state index in [1.54, 1.807) is 4.90 Å². The van der Waals surface area contributed by atoms with E-state index in [0.717, 1.165) is 25.9 Å². The second-order valence-corrected chi connectivity index (χ2v) is 5.93. The molecular formula is C13H25N3O3. The van der Waals surface area contributed by atoms with E-state index >= 15 is 0 Å². The van der Waals surface area contributed by atoms with E-state index in [2.05, 4.69) is 5.43 Å². The molecular weight excluding hydrogens is 246 g/mol. The molecule has 0 radical (unpaired) electrons. The minimum Gasteiger partial charge on any atom is -0.481 e. The molecule has 1 saturated heterocycles. The van der Waals surface area contributed by atoms with Gasteiger partial charge in [-0.2, -0.15) is 0 Å². The summed E-state index contributed by atoms with van der Waals surface area (Å²) in [5, 5.41) is 10.7. The number of carboxylic acid groups (broad SMARTS) is 1. The molecule has 0 bridgehead atoms. The highest BCUT2D eigenvalue weighted by Crippen LogP contribution is 2.15. The van der Waals surface area contributed by atoms with Gasteiger partial charge < -0.3 is 10.0 Å². The lowest BCUT2D eigenvalue weighted by Crippen LogP contribution is -2.56. The summed E-state index contributed by atoms with van der Waals surface area (Å²) in [5.41, 5.74) is 2.48. The number of aliphatic carboxylic acids is 1. The molecule has 0 aliphatic carbocycles. The molecule has 1 aliphatic rings. The molecule has 0 aromatic heterocycles. The van der Waals surface area contributed by atoms with Gasteiger partial charge in [-0.3, -0.25) is 10.2 Å². The molecule has 0 aromatic carbocycles. The molecule has 6 nitrogen and oxygen atoms in total. The third-order valence-corrected chi connectivity index (χ3v) is 3.21. The van der Waals surface area contributed by atoms with Gasteiger partial charge in [-0.1, -0.05) is 6.42 Å². The first kappa shape index (κ1) is 15.8. The first-order valence-electron chi connectivity index (χ1n) is 6.85. The lowest BCUT2D eigenvalue weighted by Gasteiger charge is -2.37.